The zero-order chi connectivity index (χ0) is 36.3. The Bertz CT molecular complexity index is 2860. The molecule has 2 heterocycles. The summed E-state index contributed by atoms with van der Waals surface area (Å²) >= 11 is 0. The van der Waals surface area contributed by atoms with Gasteiger partial charge < -0.3 is 4.74 Å². The summed E-state index contributed by atoms with van der Waals surface area (Å²) < 4.78 is 6.84. The van der Waals surface area contributed by atoms with Crippen molar-refractivity contribution in [1.82, 2.24) is 15.0 Å². The second-order valence-corrected chi connectivity index (χ2v) is 14.9. The lowest BCUT2D eigenvalue weighted by Gasteiger charge is -2.25. The number of para-hydroxylation sites is 1. The molecule has 4 aliphatic rings. The highest BCUT2D eigenvalue weighted by Gasteiger charge is 2.40. The average molecular weight is 708 g/mol. The van der Waals surface area contributed by atoms with Gasteiger partial charge in [0.25, 0.3) is 0 Å². The SMILES string of the molecule is C1=CC2Oc3c(-c4ccc5ccccc5c4)cccc3C2C(c2nc(C3=CCC(C4=CCCc5ccccc54)C=C3)nc(-c3ccc4ccccc4c3)n2)=C1. The molecule has 6 aromatic carbocycles. The van der Waals surface area contributed by atoms with Crippen LogP contribution in [-0.2, 0) is 6.42 Å². The molecule has 3 aliphatic carbocycles. The Hall–Kier alpha value is -6.65. The third-order valence-electron chi connectivity index (χ3n) is 11.7. The van der Waals surface area contributed by atoms with Gasteiger partial charge in [-0.2, -0.15) is 0 Å². The van der Waals surface area contributed by atoms with Crippen molar-refractivity contribution in [1.29, 1.82) is 0 Å². The molecule has 3 atom stereocenters. The van der Waals surface area contributed by atoms with Crippen molar-refractivity contribution < 1.29 is 4.74 Å². The maximum absolute atomic E-state index is 6.84. The zero-order valence-corrected chi connectivity index (χ0v) is 30.3. The molecule has 0 radical (unpaired) electrons. The molecule has 3 unspecified atom stereocenters. The van der Waals surface area contributed by atoms with Crippen molar-refractivity contribution in [2.45, 2.75) is 31.3 Å². The van der Waals surface area contributed by atoms with E-state index in [4.69, 9.17) is 19.7 Å². The molecule has 11 rings (SSSR count). The molecule has 0 saturated carbocycles. The maximum atomic E-state index is 6.84. The third kappa shape index (κ3) is 5.56. The minimum atomic E-state index is -0.165. The Morgan fingerprint density at radius 2 is 1.27 bits per heavy atom. The smallest absolute Gasteiger partial charge is 0.164 e. The largest absolute Gasteiger partial charge is 0.484 e. The third-order valence-corrected chi connectivity index (χ3v) is 11.7. The van der Waals surface area contributed by atoms with Crippen LogP contribution in [0.2, 0.25) is 0 Å². The second-order valence-electron chi connectivity index (χ2n) is 14.9. The van der Waals surface area contributed by atoms with Gasteiger partial charge >= 0.3 is 0 Å². The van der Waals surface area contributed by atoms with Gasteiger partial charge in [0.15, 0.2) is 17.5 Å². The van der Waals surface area contributed by atoms with Gasteiger partial charge in [0.1, 0.15) is 11.9 Å². The molecule has 0 saturated heterocycles. The summed E-state index contributed by atoms with van der Waals surface area (Å²) in [5.74, 6) is 3.23. The van der Waals surface area contributed by atoms with E-state index in [1.165, 1.54) is 32.9 Å². The van der Waals surface area contributed by atoms with E-state index in [0.717, 1.165) is 63.8 Å². The van der Waals surface area contributed by atoms with Gasteiger partial charge in [-0.05, 0) is 81.3 Å². The summed E-state index contributed by atoms with van der Waals surface area (Å²) in [6.07, 6.45) is 18.7. The minimum Gasteiger partial charge on any atom is -0.484 e. The topological polar surface area (TPSA) is 47.9 Å². The number of hydrogen-bond acceptors (Lipinski definition) is 4. The summed E-state index contributed by atoms with van der Waals surface area (Å²) in [6, 6.07) is 45.4. The minimum absolute atomic E-state index is 0.0568. The number of fused-ring (bicyclic) bond motifs is 6. The molecule has 0 amide bonds. The Kier molecular flexibility index (Phi) is 7.54. The number of rotatable bonds is 5. The first-order valence-corrected chi connectivity index (χ1v) is 19.3. The molecule has 1 aliphatic heterocycles. The van der Waals surface area contributed by atoms with E-state index in [1.807, 2.05) is 0 Å². The molecule has 4 heteroatoms. The first-order chi connectivity index (χ1) is 27.2. The van der Waals surface area contributed by atoms with Crippen molar-refractivity contribution >= 4 is 38.3 Å². The van der Waals surface area contributed by atoms with Crippen molar-refractivity contribution in [3.05, 3.63) is 198 Å². The van der Waals surface area contributed by atoms with Crippen molar-refractivity contribution in [2.24, 2.45) is 5.92 Å². The Morgan fingerprint density at radius 3 is 2.09 bits per heavy atom. The Morgan fingerprint density at radius 1 is 0.564 bits per heavy atom. The second kappa shape index (κ2) is 13.0. The van der Waals surface area contributed by atoms with Crippen LogP contribution in [-0.4, -0.2) is 21.1 Å². The molecule has 0 spiro atoms. The highest BCUT2D eigenvalue weighted by molar-refractivity contribution is 5.90. The lowest BCUT2D eigenvalue weighted by atomic mass is 9.80. The fraction of sp³-hybridized carbons (Fsp3) is 0.118. The average Bonchev–Trinajstić information content (AvgIpc) is 3.65. The van der Waals surface area contributed by atoms with Crippen molar-refractivity contribution in [2.75, 3.05) is 0 Å². The fourth-order valence-corrected chi connectivity index (χ4v) is 8.95. The van der Waals surface area contributed by atoms with Gasteiger partial charge in [0, 0.05) is 33.8 Å². The quantitative estimate of drug-likeness (QED) is 0.179. The van der Waals surface area contributed by atoms with Gasteiger partial charge in [-0.3, -0.25) is 0 Å². The van der Waals surface area contributed by atoms with Crippen LogP contribution in [0.25, 0.3) is 60.8 Å². The molecule has 1 aromatic heterocycles. The molecule has 7 aromatic rings. The van der Waals surface area contributed by atoms with E-state index in [0.29, 0.717) is 23.4 Å². The van der Waals surface area contributed by atoms with Crippen LogP contribution >= 0.6 is 0 Å². The highest BCUT2D eigenvalue weighted by Crippen LogP contribution is 2.51. The predicted octanol–water partition coefficient (Wildman–Crippen LogP) is 12.0. The monoisotopic (exact) mass is 707 g/mol. The molecule has 0 N–H and O–H groups in total. The van der Waals surface area contributed by atoms with E-state index in [-0.39, 0.29) is 12.0 Å². The van der Waals surface area contributed by atoms with Gasteiger partial charge in [0.05, 0.1) is 5.92 Å². The molecule has 262 valence electrons. The van der Waals surface area contributed by atoms with Crippen molar-refractivity contribution in [3.63, 3.8) is 0 Å². The standard InChI is InChI=1S/C51H37N3O/c1-3-13-37-30-39(28-22-32(37)10-1)43-18-8-19-44-47-45(20-9-21-46(47)55-48(43)44)51-53-49(52-50(54-51)40-29-23-33-11-2-4-14-38(33)31-40)36-26-24-35(25-27-36)42-17-7-15-34-12-5-6-16-41(34)42/h1-6,8-14,16-24,26-31,35,46-47H,7,15,25H2. The number of allylic oxidation sites excluding steroid dienone is 8. The number of aryl methyl sites for hydroxylation is 1. The van der Waals surface area contributed by atoms with Crippen molar-refractivity contribution in [3.8, 4) is 28.3 Å². The Balaban J connectivity index is 0.997. The summed E-state index contributed by atoms with van der Waals surface area (Å²) in [6.45, 7) is 0. The number of hydrogen-bond donors (Lipinski definition) is 0. The molecule has 55 heavy (non-hydrogen) atoms. The number of ether oxygens (including phenoxy) is 1. The maximum Gasteiger partial charge on any atom is 0.164 e. The van der Waals surface area contributed by atoms with E-state index in [1.54, 1.807) is 0 Å². The van der Waals surface area contributed by atoms with Gasteiger partial charge in [-0.1, -0.05) is 152 Å². The zero-order valence-electron chi connectivity index (χ0n) is 30.3. The normalized spacial score (nSPS) is 19.6. The number of aromatic nitrogens is 3. The summed E-state index contributed by atoms with van der Waals surface area (Å²) in [7, 11) is 0. The predicted molar refractivity (Wildman–Crippen MR) is 224 cm³/mol. The van der Waals surface area contributed by atoms with Crippen LogP contribution in [0.4, 0.5) is 0 Å². The van der Waals surface area contributed by atoms with Crippen LogP contribution in [0.5, 0.6) is 5.75 Å². The van der Waals surface area contributed by atoms with E-state index in [2.05, 4.69) is 170 Å². The molecular formula is C51H37N3O. The van der Waals surface area contributed by atoms with Gasteiger partial charge in [-0.25, -0.2) is 15.0 Å². The van der Waals surface area contributed by atoms with Crippen LogP contribution in [0.15, 0.2) is 170 Å². The summed E-state index contributed by atoms with van der Waals surface area (Å²) in [4.78, 5) is 15.7. The first-order valence-electron chi connectivity index (χ1n) is 19.3. The van der Waals surface area contributed by atoms with Crippen LogP contribution in [0, 0.1) is 5.92 Å². The van der Waals surface area contributed by atoms with E-state index >= 15 is 0 Å². The fourth-order valence-electron chi connectivity index (χ4n) is 8.95. The first kappa shape index (κ1) is 31.8. The van der Waals surface area contributed by atoms with Crippen LogP contribution in [0.1, 0.15) is 47.1 Å². The lowest BCUT2D eigenvalue weighted by molar-refractivity contribution is 0.272. The van der Waals surface area contributed by atoms with E-state index < -0.39 is 0 Å². The number of benzene rings is 6. The Labute approximate surface area is 320 Å². The molecule has 0 fully saturated rings. The highest BCUT2D eigenvalue weighted by atomic mass is 16.5. The van der Waals surface area contributed by atoms with E-state index in [9.17, 15) is 0 Å². The van der Waals surface area contributed by atoms with Crippen LogP contribution < -0.4 is 4.74 Å². The molecule has 4 nitrogen and oxygen atoms in total. The van der Waals surface area contributed by atoms with Gasteiger partial charge in [0.2, 0.25) is 0 Å². The molecule has 0 bridgehead atoms. The van der Waals surface area contributed by atoms with Gasteiger partial charge in [-0.15, -0.1) is 0 Å². The van der Waals surface area contributed by atoms with Crippen LogP contribution in [0.3, 0.4) is 0 Å². The molecular weight excluding hydrogens is 671 g/mol. The summed E-state index contributed by atoms with van der Waals surface area (Å²) in [5, 5.41) is 4.78. The lowest BCUT2D eigenvalue weighted by Crippen LogP contribution is -2.21. The number of nitrogens with zero attached hydrogens (tertiary/aromatic N) is 3. The summed E-state index contributed by atoms with van der Waals surface area (Å²) in [5.41, 5.74) is 10.7.